The molecule has 1 unspecified atom stereocenters. The third kappa shape index (κ3) is 5.99. The van der Waals surface area contributed by atoms with Crippen LogP contribution in [0.1, 0.15) is 41.8 Å². The van der Waals surface area contributed by atoms with Gasteiger partial charge in [-0.3, -0.25) is 15.0 Å². The number of likely N-dealkylation sites (tertiary alicyclic amines) is 1. The summed E-state index contributed by atoms with van der Waals surface area (Å²) in [7, 11) is 4.34. The predicted molar refractivity (Wildman–Crippen MR) is 152 cm³/mol. The fourth-order valence-electron chi connectivity index (χ4n) is 4.83. The summed E-state index contributed by atoms with van der Waals surface area (Å²) in [4.78, 5) is 8.88. The molecule has 0 aliphatic carbocycles. The molecule has 4 aromatic rings. The first-order valence-electron chi connectivity index (χ1n) is 12.5. The smallest absolute Gasteiger partial charge is 0.124 e. The average Bonchev–Trinajstić information content (AvgIpc) is 3.50. The lowest BCUT2D eigenvalue weighted by molar-refractivity contribution is 0.227. The highest BCUT2D eigenvalue weighted by Crippen LogP contribution is 2.33. The first kappa shape index (κ1) is 25.7. The summed E-state index contributed by atoms with van der Waals surface area (Å²) in [5, 5.41) is 9.54. The second-order valence-electron chi connectivity index (χ2n) is 9.81. The van der Waals surface area contributed by atoms with Gasteiger partial charge in [-0.2, -0.15) is 5.10 Å². The molecule has 3 heterocycles. The minimum Gasteiger partial charge on any atom is -0.486 e. The molecule has 1 N–H and O–H groups in total. The topological polar surface area (TPSA) is 57.3 Å². The average molecular weight is 537 g/mol. The van der Waals surface area contributed by atoms with E-state index in [2.05, 4.69) is 69.4 Å². The minimum atomic E-state index is -0.334. The quantitative estimate of drug-likeness (QED) is 0.271. The van der Waals surface area contributed by atoms with Crippen molar-refractivity contribution in [1.29, 1.82) is 0 Å². The maximum absolute atomic E-state index is 6.31. The highest BCUT2D eigenvalue weighted by atomic mass is 35.5. The molecule has 8 heteroatoms. The van der Waals surface area contributed by atoms with E-state index in [4.69, 9.17) is 27.9 Å². The summed E-state index contributed by atoms with van der Waals surface area (Å²) in [6.45, 7) is 5.20. The second kappa shape index (κ2) is 11.2. The molecule has 1 aliphatic heterocycles. The monoisotopic (exact) mass is 535 g/mol. The largest absolute Gasteiger partial charge is 0.486 e. The third-order valence-corrected chi connectivity index (χ3v) is 7.57. The molecule has 37 heavy (non-hydrogen) atoms. The van der Waals surface area contributed by atoms with E-state index in [1.165, 1.54) is 12.0 Å². The van der Waals surface area contributed by atoms with E-state index in [9.17, 15) is 0 Å². The standard InChI is InChI=1S/C29H31Cl2N5O/c1-19(29-25(30)15-32-16-26(29)31)37-23-9-11-28-24(14-23)27(33-34-28)10-8-20-4-6-21(7-5-20)17-36-13-12-22(18-36)35(2)3/h4-11,14-16,19,22H,12-13,17-18H2,1-3H3,(H,33,34)/b10-8+/t19?,22-/m1/s1. The van der Waals surface area contributed by atoms with Crippen molar-refractivity contribution in [2.24, 2.45) is 0 Å². The van der Waals surface area contributed by atoms with E-state index >= 15 is 0 Å². The number of benzene rings is 2. The van der Waals surface area contributed by atoms with Gasteiger partial charge in [0, 0.05) is 49.0 Å². The number of aromatic nitrogens is 3. The molecular formula is C29H31Cl2N5O. The Labute approximate surface area is 227 Å². The Balaban J connectivity index is 1.26. The second-order valence-corrected chi connectivity index (χ2v) is 10.6. The lowest BCUT2D eigenvalue weighted by Gasteiger charge is -2.20. The maximum atomic E-state index is 6.31. The van der Waals surface area contributed by atoms with Crippen molar-refractivity contribution in [2.75, 3.05) is 27.2 Å². The van der Waals surface area contributed by atoms with Gasteiger partial charge >= 0.3 is 0 Å². The summed E-state index contributed by atoms with van der Waals surface area (Å²) in [5.74, 6) is 0.711. The van der Waals surface area contributed by atoms with Gasteiger partial charge < -0.3 is 9.64 Å². The Bertz CT molecular complexity index is 1380. The number of halogens is 2. The van der Waals surface area contributed by atoms with Crippen molar-refractivity contribution < 1.29 is 4.74 Å². The molecule has 0 amide bonds. The Kier molecular flexibility index (Phi) is 7.81. The summed E-state index contributed by atoms with van der Waals surface area (Å²) >= 11 is 12.6. The van der Waals surface area contributed by atoms with Gasteiger partial charge in [-0.05, 0) is 62.8 Å². The first-order valence-corrected chi connectivity index (χ1v) is 13.2. The predicted octanol–water partition coefficient (Wildman–Crippen LogP) is 6.71. The van der Waals surface area contributed by atoms with Crippen LogP contribution in [-0.2, 0) is 6.54 Å². The van der Waals surface area contributed by atoms with Crippen LogP contribution in [0.2, 0.25) is 10.0 Å². The molecule has 2 aromatic carbocycles. The summed E-state index contributed by atoms with van der Waals surface area (Å²) < 4.78 is 6.18. The van der Waals surface area contributed by atoms with E-state index in [-0.39, 0.29) is 6.10 Å². The van der Waals surface area contributed by atoms with Crippen molar-refractivity contribution in [3.8, 4) is 5.75 Å². The molecule has 0 spiro atoms. The van der Waals surface area contributed by atoms with Crippen LogP contribution in [0, 0.1) is 0 Å². The summed E-state index contributed by atoms with van der Waals surface area (Å²) in [5.41, 5.74) is 4.99. The van der Waals surface area contributed by atoms with Crippen molar-refractivity contribution in [2.45, 2.75) is 32.0 Å². The Morgan fingerprint density at radius 3 is 2.57 bits per heavy atom. The number of pyridine rings is 1. The van der Waals surface area contributed by atoms with Gasteiger partial charge in [0.15, 0.2) is 0 Å². The number of hydrogen-bond acceptors (Lipinski definition) is 5. The highest BCUT2D eigenvalue weighted by Gasteiger charge is 2.23. The zero-order valence-electron chi connectivity index (χ0n) is 21.3. The van der Waals surface area contributed by atoms with Gasteiger partial charge in [-0.15, -0.1) is 0 Å². The van der Waals surface area contributed by atoms with Crippen molar-refractivity contribution in [3.05, 3.63) is 87.3 Å². The normalized spacial score (nSPS) is 17.3. The number of H-pyrrole nitrogens is 1. The maximum Gasteiger partial charge on any atom is 0.124 e. The fourth-order valence-corrected chi connectivity index (χ4v) is 5.50. The van der Waals surface area contributed by atoms with Crippen LogP contribution in [0.4, 0.5) is 0 Å². The number of rotatable bonds is 8. The fraction of sp³-hybridized carbons (Fsp3) is 0.310. The Morgan fingerprint density at radius 2 is 1.86 bits per heavy atom. The Morgan fingerprint density at radius 1 is 1.11 bits per heavy atom. The number of fused-ring (bicyclic) bond motifs is 1. The van der Waals surface area contributed by atoms with E-state index < -0.39 is 0 Å². The highest BCUT2D eigenvalue weighted by molar-refractivity contribution is 6.35. The third-order valence-electron chi connectivity index (χ3n) is 6.97. The first-order chi connectivity index (χ1) is 17.9. The minimum absolute atomic E-state index is 0.334. The van der Waals surface area contributed by atoms with Crippen molar-refractivity contribution >= 4 is 46.3 Å². The molecule has 0 radical (unpaired) electrons. The lowest BCUT2D eigenvalue weighted by atomic mass is 10.1. The number of likely N-dealkylation sites (N-methyl/N-ethyl adjacent to an activating group) is 1. The SMILES string of the molecule is CC(Oc1ccc2[nH]nc(/C=C/c3ccc(CN4CC[C@@H](N(C)C)C4)cc3)c2c1)c1c(Cl)cncc1Cl. The molecule has 0 saturated carbocycles. The van der Waals surface area contributed by atoms with Crippen LogP contribution >= 0.6 is 23.2 Å². The van der Waals surface area contributed by atoms with Crippen molar-refractivity contribution in [1.82, 2.24) is 25.0 Å². The van der Waals surface area contributed by atoms with E-state index in [0.717, 1.165) is 47.4 Å². The number of nitrogens with one attached hydrogen (secondary N) is 1. The van der Waals surface area contributed by atoms with E-state index in [1.54, 1.807) is 12.4 Å². The zero-order chi connectivity index (χ0) is 25.9. The van der Waals surface area contributed by atoms with Gasteiger partial charge in [0.05, 0.1) is 21.3 Å². The molecule has 2 aromatic heterocycles. The molecule has 2 atom stereocenters. The van der Waals surface area contributed by atoms with Gasteiger partial charge in [-0.25, -0.2) is 0 Å². The van der Waals surface area contributed by atoms with Gasteiger partial charge in [-0.1, -0.05) is 53.5 Å². The number of hydrogen-bond donors (Lipinski definition) is 1. The number of ether oxygens (including phenoxy) is 1. The van der Waals surface area contributed by atoms with E-state index in [1.807, 2.05) is 31.2 Å². The molecular weight excluding hydrogens is 505 g/mol. The molecule has 192 valence electrons. The van der Waals surface area contributed by atoms with Crippen LogP contribution in [0.5, 0.6) is 5.75 Å². The van der Waals surface area contributed by atoms with Crippen LogP contribution in [-0.4, -0.2) is 58.2 Å². The van der Waals surface area contributed by atoms with Gasteiger partial charge in [0.1, 0.15) is 11.9 Å². The summed E-state index contributed by atoms with van der Waals surface area (Å²) in [6, 6.07) is 15.3. The van der Waals surface area contributed by atoms with Crippen molar-refractivity contribution in [3.63, 3.8) is 0 Å². The molecule has 0 bridgehead atoms. The van der Waals surface area contributed by atoms with E-state index in [0.29, 0.717) is 21.8 Å². The number of aromatic amines is 1. The molecule has 1 saturated heterocycles. The molecule has 6 nitrogen and oxygen atoms in total. The molecule has 1 fully saturated rings. The zero-order valence-corrected chi connectivity index (χ0v) is 22.8. The summed E-state index contributed by atoms with van der Waals surface area (Å²) in [6.07, 6.45) is 8.17. The van der Waals surface area contributed by atoms with Crippen LogP contribution in [0.25, 0.3) is 23.1 Å². The Hall–Kier alpha value is -2.90. The van der Waals surface area contributed by atoms with Gasteiger partial charge in [0.2, 0.25) is 0 Å². The molecule has 1 aliphatic rings. The number of nitrogens with zero attached hydrogens (tertiary/aromatic N) is 4. The molecule has 5 rings (SSSR count). The van der Waals surface area contributed by atoms with Crippen LogP contribution in [0.15, 0.2) is 54.9 Å². The van der Waals surface area contributed by atoms with Crippen LogP contribution in [0.3, 0.4) is 0 Å². The lowest BCUT2D eigenvalue weighted by Crippen LogP contribution is -2.31. The van der Waals surface area contributed by atoms with Gasteiger partial charge in [0.25, 0.3) is 0 Å². The van der Waals surface area contributed by atoms with Crippen LogP contribution < -0.4 is 4.74 Å².